The van der Waals surface area contributed by atoms with Crippen molar-refractivity contribution in [2.75, 3.05) is 11.9 Å². The molecule has 0 radical (unpaired) electrons. The molecule has 0 aliphatic rings. The maximum absolute atomic E-state index is 12.1. The van der Waals surface area contributed by atoms with E-state index in [9.17, 15) is 9.59 Å². The van der Waals surface area contributed by atoms with Gasteiger partial charge in [0.25, 0.3) is 5.91 Å². The van der Waals surface area contributed by atoms with Crippen LogP contribution in [0.1, 0.15) is 15.5 Å². The Kier molecular flexibility index (Phi) is 3.79. The van der Waals surface area contributed by atoms with E-state index in [0.29, 0.717) is 10.5 Å². The number of carbonyl (C=O) groups excluding carboxylic acids is 2. The lowest BCUT2D eigenvalue weighted by Crippen LogP contribution is -2.33. The molecule has 22 heavy (non-hydrogen) atoms. The Bertz CT molecular complexity index is 840. The van der Waals surface area contributed by atoms with Crippen LogP contribution in [0.5, 0.6) is 0 Å². The number of amides is 2. The molecule has 0 saturated heterocycles. The molecule has 2 heterocycles. The molecule has 2 aromatic heterocycles. The average Bonchev–Trinajstić information content (AvgIpc) is 3.11. The van der Waals surface area contributed by atoms with Crippen molar-refractivity contribution in [3.05, 3.63) is 35.0 Å². The van der Waals surface area contributed by atoms with Gasteiger partial charge in [0.1, 0.15) is 5.01 Å². The average molecular weight is 316 g/mol. The van der Waals surface area contributed by atoms with Gasteiger partial charge in [-0.1, -0.05) is 29.5 Å². The van der Waals surface area contributed by atoms with Crippen LogP contribution in [0.25, 0.3) is 10.9 Å². The fourth-order valence-corrected chi connectivity index (χ4v) is 2.50. The second-order valence-electron chi connectivity index (χ2n) is 4.47. The number of nitrogens with zero attached hydrogens (tertiary/aromatic N) is 3. The highest BCUT2D eigenvalue weighted by Gasteiger charge is 2.15. The zero-order chi connectivity index (χ0) is 15.5. The van der Waals surface area contributed by atoms with E-state index in [-0.39, 0.29) is 18.1 Å². The summed E-state index contributed by atoms with van der Waals surface area (Å²) in [6.45, 7) is 1.62. The zero-order valence-electron chi connectivity index (χ0n) is 11.6. The predicted octanol–water partition coefficient (Wildman–Crippen LogP) is 1.09. The maximum atomic E-state index is 12.1. The number of carbonyl (C=O) groups is 2. The van der Waals surface area contributed by atoms with Gasteiger partial charge in [0.2, 0.25) is 11.0 Å². The molecule has 0 unspecified atom stereocenters. The number of aromatic amines is 1. The highest BCUT2D eigenvalue weighted by atomic mass is 32.1. The van der Waals surface area contributed by atoms with Crippen molar-refractivity contribution in [1.82, 2.24) is 25.7 Å². The number of aromatic nitrogens is 4. The molecule has 3 aromatic rings. The minimum Gasteiger partial charge on any atom is -0.342 e. The standard InChI is InChI=1S/C13H12N6O2S/c1-7-16-19-13(22-7)15-10(20)6-14-12(21)11-8-4-2-3-5-9(8)17-18-11/h2-5H,6H2,1H3,(H,14,21)(H,17,18)(H,15,19,20). The van der Waals surface area contributed by atoms with E-state index >= 15 is 0 Å². The van der Waals surface area contributed by atoms with Gasteiger partial charge in [0.05, 0.1) is 12.1 Å². The van der Waals surface area contributed by atoms with Crippen LogP contribution in [0.3, 0.4) is 0 Å². The summed E-state index contributed by atoms with van der Waals surface area (Å²) in [5, 5.41) is 21.3. The minimum atomic E-state index is -0.416. The van der Waals surface area contributed by atoms with Crippen LogP contribution in [0.2, 0.25) is 0 Å². The number of para-hydroxylation sites is 1. The number of hydrogen-bond donors (Lipinski definition) is 3. The molecule has 3 N–H and O–H groups in total. The first-order chi connectivity index (χ1) is 10.6. The molecule has 0 aliphatic carbocycles. The molecule has 0 bridgehead atoms. The molecule has 0 atom stereocenters. The van der Waals surface area contributed by atoms with Crippen LogP contribution in [0.4, 0.5) is 5.13 Å². The quantitative estimate of drug-likeness (QED) is 0.667. The number of anilines is 1. The van der Waals surface area contributed by atoms with Crippen molar-refractivity contribution in [2.24, 2.45) is 0 Å². The summed E-state index contributed by atoms with van der Waals surface area (Å²) >= 11 is 1.27. The van der Waals surface area contributed by atoms with Gasteiger partial charge in [-0.25, -0.2) is 0 Å². The first-order valence-electron chi connectivity index (χ1n) is 6.45. The van der Waals surface area contributed by atoms with Gasteiger partial charge < -0.3 is 5.32 Å². The van der Waals surface area contributed by atoms with Gasteiger partial charge in [0, 0.05) is 5.39 Å². The molecule has 1 aromatic carbocycles. The van der Waals surface area contributed by atoms with Gasteiger partial charge in [-0.05, 0) is 13.0 Å². The van der Waals surface area contributed by atoms with Gasteiger partial charge in [-0.15, -0.1) is 10.2 Å². The van der Waals surface area contributed by atoms with Crippen molar-refractivity contribution < 1.29 is 9.59 Å². The fraction of sp³-hybridized carbons (Fsp3) is 0.154. The van der Waals surface area contributed by atoms with Crippen molar-refractivity contribution in [1.29, 1.82) is 0 Å². The second kappa shape index (κ2) is 5.90. The summed E-state index contributed by atoms with van der Waals surface area (Å²) in [5.74, 6) is -0.787. The molecule has 9 heteroatoms. The molecule has 0 saturated carbocycles. The second-order valence-corrected chi connectivity index (χ2v) is 5.66. The topological polar surface area (TPSA) is 113 Å². The maximum Gasteiger partial charge on any atom is 0.272 e. The minimum absolute atomic E-state index is 0.168. The summed E-state index contributed by atoms with van der Waals surface area (Å²) in [7, 11) is 0. The Morgan fingerprint density at radius 3 is 2.86 bits per heavy atom. The Morgan fingerprint density at radius 1 is 1.27 bits per heavy atom. The van der Waals surface area contributed by atoms with Crippen LogP contribution in [-0.4, -0.2) is 38.8 Å². The molecule has 2 amide bonds. The Morgan fingerprint density at radius 2 is 2.09 bits per heavy atom. The van der Waals surface area contributed by atoms with Crippen LogP contribution < -0.4 is 10.6 Å². The molecular weight excluding hydrogens is 304 g/mol. The van der Waals surface area contributed by atoms with Crippen molar-refractivity contribution in [3.8, 4) is 0 Å². The van der Waals surface area contributed by atoms with E-state index in [1.807, 2.05) is 18.2 Å². The van der Waals surface area contributed by atoms with Gasteiger partial charge in [-0.2, -0.15) is 5.10 Å². The third kappa shape index (κ3) is 2.93. The molecule has 0 fully saturated rings. The smallest absolute Gasteiger partial charge is 0.272 e. The van der Waals surface area contributed by atoms with E-state index in [0.717, 1.165) is 10.5 Å². The van der Waals surface area contributed by atoms with Gasteiger partial charge >= 0.3 is 0 Å². The predicted molar refractivity (Wildman–Crippen MR) is 81.7 cm³/mol. The first-order valence-corrected chi connectivity index (χ1v) is 7.26. The number of nitrogens with one attached hydrogen (secondary N) is 3. The van der Waals surface area contributed by atoms with E-state index in [1.165, 1.54) is 11.3 Å². The van der Waals surface area contributed by atoms with E-state index < -0.39 is 5.91 Å². The molecule has 112 valence electrons. The third-order valence-electron chi connectivity index (χ3n) is 2.87. The Labute approximate surface area is 128 Å². The monoisotopic (exact) mass is 316 g/mol. The molecule has 0 aliphatic heterocycles. The third-order valence-corrected chi connectivity index (χ3v) is 3.62. The van der Waals surface area contributed by atoms with Crippen molar-refractivity contribution in [3.63, 3.8) is 0 Å². The number of H-pyrrole nitrogens is 1. The van der Waals surface area contributed by atoms with Gasteiger partial charge in [0.15, 0.2) is 5.69 Å². The summed E-state index contributed by atoms with van der Waals surface area (Å²) in [6.07, 6.45) is 0. The van der Waals surface area contributed by atoms with Crippen LogP contribution in [0, 0.1) is 6.92 Å². The SMILES string of the molecule is Cc1nnc(NC(=O)CNC(=O)c2n[nH]c3ccccc23)s1. The fourth-order valence-electron chi connectivity index (χ4n) is 1.89. The molecule has 8 nitrogen and oxygen atoms in total. The summed E-state index contributed by atoms with van der Waals surface area (Å²) < 4.78 is 0. The van der Waals surface area contributed by atoms with Crippen LogP contribution >= 0.6 is 11.3 Å². The number of hydrogen-bond acceptors (Lipinski definition) is 6. The van der Waals surface area contributed by atoms with Crippen molar-refractivity contribution in [2.45, 2.75) is 6.92 Å². The Hall–Kier alpha value is -2.81. The number of aryl methyl sites for hydroxylation is 1. The van der Waals surface area contributed by atoms with E-state index in [4.69, 9.17) is 0 Å². The van der Waals surface area contributed by atoms with E-state index in [1.54, 1.807) is 13.0 Å². The van der Waals surface area contributed by atoms with Crippen LogP contribution in [0.15, 0.2) is 24.3 Å². The van der Waals surface area contributed by atoms with Crippen LogP contribution in [-0.2, 0) is 4.79 Å². The van der Waals surface area contributed by atoms with E-state index in [2.05, 4.69) is 31.0 Å². The summed E-state index contributed by atoms with van der Waals surface area (Å²) in [5.41, 5.74) is 1.02. The summed E-state index contributed by atoms with van der Waals surface area (Å²) in [4.78, 5) is 23.8. The van der Waals surface area contributed by atoms with Crippen molar-refractivity contribution >= 4 is 39.2 Å². The number of rotatable bonds is 4. The normalized spacial score (nSPS) is 10.6. The lowest BCUT2D eigenvalue weighted by atomic mass is 10.2. The molecule has 3 rings (SSSR count). The lowest BCUT2D eigenvalue weighted by molar-refractivity contribution is -0.115. The largest absolute Gasteiger partial charge is 0.342 e. The highest BCUT2D eigenvalue weighted by molar-refractivity contribution is 7.15. The number of benzene rings is 1. The number of fused-ring (bicyclic) bond motifs is 1. The first kappa shape index (κ1) is 14.1. The summed E-state index contributed by atoms with van der Waals surface area (Å²) in [6, 6.07) is 7.28. The zero-order valence-corrected chi connectivity index (χ0v) is 12.4. The Balaban J connectivity index is 1.61. The highest BCUT2D eigenvalue weighted by Crippen LogP contribution is 2.15. The molecule has 0 spiro atoms. The lowest BCUT2D eigenvalue weighted by Gasteiger charge is -2.03. The molecular formula is C13H12N6O2S. The van der Waals surface area contributed by atoms with Gasteiger partial charge in [-0.3, -0.25) is 20.0 Å².